The summed E-state index contributed by atoms with van der Waals surface area (Å²) in [7, 11) is -2.15. The van der Waals surface area contributed by atoms with Gasteiger partial charge in [0.2, 0.25) is 5.91 Å². The first-order valence-corrected chi connectivity index (χ1v) is 9.95. The number of aromatic nitrogens is 2. The number of benzene rings is 1. The molecule has 0 aliphatic carbocycles. The predicted molar refractivity (Wildman–Crippen MR) is 98.5 cm³/mol. The van der Waals surface area contributed by atoms with E-state index in [2.05, 4.69) is 0 Å². The highest BCUT2D eigenvalue weighted by atomic mass is 32.2. The summed E-state index contributed by atoms with van der Waals surface area (Å²) >= 11 is 0. The van der Waals surface area contributed by atoms with Crippen molar-refractivity contribution in [2.45, 2.75) is 12.3 Å². The molecule has 3 heterocycles. The maximum absolute atomic E-state index is 13.2. The molecule has 140 valence electrons. The molecule has 1 aliphatic rings. The number of rotatable bonds is 3. The molecule has 2 aromatic heterocycles. The number of sulfone groups is 1. The van der Waals surface area contributed by atoms with E-state index >= 15 is 0 Å². The highest BCUT2D eigenvalue weighted by Crippen LogP contribution is 2.37. The van der Waals surface area contributed by atoms with Gasteiger partial charge in [0.05, 0.1) is 17.6 Å². The van der Waals surface area contributed by atoms with Crippen molar-refractivity contribution in [1.82, 2.24) is 9.36 Å². The van der Waals surface area contributed by atoms with E-state index in [1.165, 1.54) is 17.0 Å². The van der Waals surface area contributed by atoms with Crippen molar-refractivity contribution in [2.75, 3.05) is 10.7 Å². The van der Waals surface area contributed by atoms with Gasteiger partial charge in [-0.2, -0.15) is 0 Å². The van der Waals surface area contributed by atoms with Gasteiger partial charge in [-0.05, 0) is 31.2 Å². The molecule has 1 aliphatic heterocycles. The van der Waals surface area contributed by atoms with Gasteiger partial charge in [0.15, 0.2) is 15.2 Å². The lowest BCUT2D eigenvalue weighted by Gasteiger charge is -2.20. The molecule has 9 heteroatoms. The van der Waals surface area contributed by atoms with Crippen LogP contribution >= 0.6 is 0 Å². The molecule has 4 rings (SSSR count). The van der Waals surface area contributed by atoms with Crippen LogP contribution in [0, 0.1) is 6.92 Å². The summed E-state index contributed by atoms with van der Waals surface area (Å²) in [5.74, 6) is -1.21. The summed E-state index contributed by atoms with van der Waals surface area (Å²) in [5.41, 5.74) is 0.659. The summed E-state index contributed by atoms with van der Waals surface area (Å²) in [4.78, 5) is 26.8. The molecule has 27 heavy (non-hydrogen) atoms. The van der Waals surface area contributed by atoms with E-state index in [4.69, 9.17) is 4.42 Å². The molecule has 1 fully saturated rings. The van der Waals surface area contributed by atoms with E-state index in [-0.39, 0.29) is 11.4 Å². The van der Waals surface area contributed by atoms with E-state index in [0.717, 1.165) is 4.90 Å². The van der Waals surface area contributed by atoms with Crippen molar-refractivity contribution in [3.63, 3.8) is 0 Å². The van der Waals surface area contributed by atoms with Crippen LogP contribution in [0.2, 0.25) is 0 Å². The molecule has 3 aromatic rings. The Hall–Kier alpha value is -3.07. The minimum absolute atomic E-state index is 0.0360. The molecule has 0 N–H and O–H groups in total. The van der Waals surface area contributed by atoms with E-state index < -0.39 is 32.4 Å². The van der Waals surface area contributed by atoms with Crippen LogP contribution in [-0.2, 0) is 21.7 Å². The zero-order valence-electron chi connectivity index (χ0n) is 14.7. The average Bonchev–Trinajstić information content (AvgIpc) is 3.27. The fourth-order valence-corrected chi connectivity index (χ4v) is 5.09. The quantitative estimate of drug-likeness (QED) is 0.679. The predicted octanol–water partition coefficient (Wildman–Crippen LogP) is 1.54. The zero-order valence-corrected chi connectivity index (χ0v) is 15.5. The van der Waals surface area contributed by atoms with E-state index in [1.54, 1.807) is 49.0 Å². The van der Waals surface area contributed by atoms with Crippen LogP contribution in [-0.4, -0.2) is 29.4 Å². The fourth-order valence-electron chi connectivity index (χ4n) is 3.42. The Morgan fingerprint density at radius 3 is 2.41 bits per heavy atom. The van der Waals surface area contributed by atoms with Crippen LogP contribution in [0.4, 0.5) is 5.69 Å². The third-order valence-corrected chi connectivity index (χ3v) is 6.49. The summed E-state index contributed by atoms with van der Waals surface area (Å²) < 4.78 is 33.5. The Balaban J connectivity index is 1.96. The summed E-state index contributed by atoms with van der Waals surface area (Å²) in [6.07, 6.45) is 1.34. The van der Waals surface area contributed by atoms with Crippen molar-refractivity contribution in [2.24, 2.45) is 7.05 Å². The normalized spacial score (nSPS) is 19.0. The van der Waals surface area contributed by atoms with Gasteiger partial charge in [0, 0.05) is 7.05 Å². The van der Waals surface area contributed by atoms with Crippen LogP contribution in [0.25, 0.3) is 5.69 Å². The van der Waals surface area contributed by atoms with Gasteiger partial charge in [0.1, 0.15) is 17.2 Å². The molecule has 0 spiro atoms. The summed E-state index contributed by atoms with van der Waals surface area (Å²) in [5, 5.41) is -1.35. The van der Waals surface area contributed by atoms with Crippen LogP contribution < -0.4 is 10.5 Å². The molecule has 1 atom stereocenters. The second-order valence-corrected chi connectivity index (χ2v) is 8.41. The minimum atomic E-state index is -3.83. The Kier molecular flexibility index (Phi) is 3.84. The van der Waals surface area contributed by atoms with Gasteiger partial charge < -0.3 is 4.42 Å². The molecular weight excluding hydrogens is 370 g/mol. The molecule has 1 saturated heterocycles. The van der Waals surface area contributed by atoms with Crippen LogP contribution in [0.5, 0.6) is 0 Å². The van der Waals surface area contributed by atoms with Crippen LogP contribution in [0.3, 0.4) is 0 Å². The van der Waals surface area contributed by atoms with Crippen molar-refractivity contribution in [1.29, 1.82) is 0 Å². The SMILES string of the molecule is Cc1c(N2C(=O)CS(=O)(=O)C2c2ccco2)c(=O)n(-c2ccccc2)n1C. The van der Waals surface area contributed by atoms with Crippen molar-refractivity contribution in [3.8, 4) is 5.69 Å². The number of amides is 1. The van der Waals surface area contributed by atoms with Gasteiger partial charge in [0.25, 0.3) is 5.56 Å². The monoisotopic (exact) mass is 387 g/mol. The molecular formula is C18H17N3O5S. The number of carbonyl (C=O) groups is 1. The molecule has 8 nitrogen and oxygen atoms in total. The summed E-state index contributed by atoms with van der Waals surface area (Å²) in [6.45, 7) is 1.67. The Bertz CT molecular complexity index is 1170. The molecule has 0 radical (unpaired) electrons. The van der Waals surface area contributed by atoms with Crippen LogP contribution in [0.15, 0.2) is 57.9 Å². The third-order valence-electron chi connectivity index (χ3n) is 4.72. The number of hydrogen-bond donors (Lipinski definition) is 0. The molecule has 0 saturated carbocycles. The average molecular weight is 387 g/mol. The number of anilines is 1. The maximum Gasteiger partial charge on any atom is 0.295 e. The highest BCUT2D eigenvalue weighted by molar-refractivity contribution is 7.93. The van der Waals surface area contributed by atoms with Crippen molar-refractivity contribution in [3.05, 3.63) is 70.5 Å². The second-order valence-electron chi connectivity index (χ2n) is 6.35. The van der Waals surface area contributed by atoms with E-state index in [1.807, 2.05) is 6.07 Å². The highest BCUT2D eigenvalue weighted by Gasteiger charge is 2.49. The topological polar surface area (TPSA) is 94.5 Å². The number of furan rings is 1. The van der Waals surface area contributed by atoms with Gasteiger partial charge in [-0.25, -0.2) is 13.1 Å². The Labute approximate surface area is 155 Å². The Morgan fingerprint density at radius 1 is 1.07 bits per heavy atom. The van der Waals surface area contributed by atoms with Gasteiger partial charge in [-0.15, -0.1) is 0 Å². The summed E-state index contributed by atoms with van der Waals surface area (Å²) in [6, 6.07) is 12.0. The van der Waals surface area contributed by atoms with Crippen LogP contribution in [0.1, 0.15) is 16.8 Å². The number of para-hydroxylation sites is 1. The van der Waals surface area contributed by atoms with Gasteiger partial charge in [-0.3, -0.25) is 19.2 Å². The largest absolute Gasteiger partial charge is 0.466 e. The van der Waals surface area contributed by atoms with Crippen molar-refractivity contribution >= 4 is 21.4 Å². The molecule has 0 bridgehead atoms. The lowest BCUT2D eigenvalue weighted by molar-refractivity contribution is -0.115. The smallest absolute Gasteiger partial charge is 0.295 e. The molecule has 1 amide bonds. The van der Waals surface area contributed by atoms with E-state index in [9.17, 15) is 18.0 Å². The first-order valence-electron chi connectivity index (χ1n) is 8.24. The molecule has 1 aromatic carbocycles. The maximum atomic E-state index is 13.2. The first kappa shape index (κ1) is 17.3. The second kappa shape index (κ2) is 5.98. The number of hydrogen-bond acceptors (Lipinski definition) is 5. The molecule has 1 unspecified atom stereocenters. The fraction of sp³-hybridized carbons (Fsp3) is 0.222. The standard InChI is InChI=1S/C18H17N3O5S/c1-12-16(17(23)21(19(12)2)13-7-4-3-5-8-13)20-15(22)11-27(24,25)18(20)14-9-6-10-26-14/h3-10,18H,11H2,1-2H3. The zero-order chi connectivity index (χ0) is 19.3. The first-order chi connectivity index (χ1) is 12.8. The lowest BCUT2D eigenvalue weighted by atomic mass is 10.3. The number of nitrogens with zero attached hydrogens (tertiary/aromatic N) is 3. The Morgan fingerprint density at radius 2 is 1.78 bits per heavy atom. The van der Waals surface area contributed by atoms with Gasteiger partial charge >= 0.3 is 0 Å². The number of carbonyl (C=O) groups excluding carboxylic acids is 1. The lowest BCUT2D eigenvalue weighted by Crippen LogP contribution is -2.33. The van der Waals surface area contributed by atoms with Gasteiger partial charge in [-0.1, -0.05) is 18.2 Å². The third kappa shape index (κ3) is 2.54. The van der Waals surface area contributed by atoms with Crippen molar-refractivity contribution < 1.29 is 17.6 Å². The van der Waals surface area contributed by atoms with E-state index in [0.29, 0.717) is 11.4 Å². The minimum Gasteiger partial charge on any atom is -0.466 e.